The van der Waals surface area contributed by atoms with Crippen LogP contribution in [0.15, 0.2) is 44.8 Å². The van der Waals surface area contributed by atoms with Crippen LogP contribution >= 0.6 is 0 Å². The number of aromatic nitrogens is 1. The summed E-state index contributed by atoms with van der Waals surface area (Å²) in [6.45, 7) is 7.34. The van der Waals surface area contributed by atoms with Gasteiger partial charge in [0.2, 0.25) is 11.8 Å². The average Bonchev–Trinajstić information content (AvgIpc) is 3.41. The third-order valence-corrected chi connectivity index (χ3v) is 8.17. The van der Waals surface area contributed by atoms with Crippen molar-refractivity contribution in [3.63, 3.8) is 0 Å². The molecule has 10 heteroatoms. The highest BCUT2D eigenvalue weighted by Gasteiger charge is 2.57. The Kier molecular flexibility index (Phi) is 5.81. The van der Waals surface area contributed by atoms with Crippen molar-refractivity contribution < 1.29 is 27.6 Å². The highest BCUT2D eigenvalue weighted by atomic mass is 32.2. The predicted octanol–water partition coefficient (Wildman–Crippen LogP) is 3.72. The summed E-state index contributed by atoms with van der Waals surface area (Å²) in [5.74, 6) is -2.81. The molecular weight excluding hydrogens is 446 g/mol. The molecule has 4 rings (SSSR count). The molecule has 33 heavy (non-hydrogen) atoms. The van der Waals surface area contributed by atoms with Gasteiger partial charge in [0, 0.05) is 11.3 Å². The van der Waals surface area contributed by atoms with E-state index in [9.17, 15) is 23.1 Å². The molecule has 0 saturated heterocycles. The number of amides is 1. The summed E-state index contributed by atoms with van der Waals surface area (Å²) < 4.78 is 32.7. The molecule has 1 aromatic carbocycles. The molecule has 9 nitrogen and oxygen atoms in total. The van der Waals surface area contributed by atoms with E-state index in [1.54, 1.807) is 13.8 Å². The summed E-state index contributed by atoms with van der Waals surface area (Å²) in [4.78, 5) is 25.1. The largest absolute Gasteiger partial charge is 0.481 e. The number of nitrogens with zero attached hydrogens (tertiary/aromatic N) is 1. The van der Waals surface area contributed by atoms with Gasteiger partial charge in [-0.1, -0.05) is 16.3 Å². The summed E-state index contributed by atoms with van der Waals surface area (Å²) >= 11 is 0. The summed E-state index contributed by atoms with van der Waals surface area (Å²) in [7, 11) is -3.91. The number of carbonyl (C=O) groups excluding carboxylic acids is 1. The Morgan fingerprint density at radius 3 is 2.18 bits per heavy atom. The number of aliphatic carboxylic acids is 1. The van der Waals surface area contributed by atoms with Gasteiger partial charge < -0.3 is 14.9 Å². The van der Waals surface area contributed by atoms with Crippen molar-refractivity contribution in [3.05, 3.63) is 46.7 Å². The second kappa shape index (κ2) is 8.33. The second-order valence-electron chi connectivity index (χ2n) is 8.98. The van der Waals surface area contributed by atoms with Crippen LogP contribution in [0.25, 0.3) is 0 Å². The van der Waals surface area contributed by atoms with Crippen molar-refractivity contribution in [1.82, 2.24) is 5.16 Å². The van der Waals surface area contributed by atoms with Crippen LogP contribution in [0.5, 0.6) is 0 Å². The molecule has 1 heterocycles. The highest BCUT2D eigenvalue weighted by molar-refractivity contribution is 7.92. The predicted molar refractivity (Wildman–Crippen MR) is 121 cm³/mol. The molecule has 4 atom stereocenters. The second-order valence-corrected chi connectivity index (χ2v) is 10.7. The number of carboxylic acids is 1. The minimum atomic E-state index is -3.91. The molecule has 2 aliphatic rings. The van der Waals surface area contributed by atoms with Crippen LogP contribution in [0, 0.1) is 37.5 Å². The SMILES string of the molecule is CC(C)=C1[C@H]2CC[C@@H]1[C@@H](C(=O)Nc1ccc(S(=O)(=O)Nc3onc(C)c3C)cc1)[C@H]2C(=O)O. The van der Waals surface area contributed by atoms with E-state index in [0.29, 0.717) is 16.9 Å². The number of benzene rings is 1. The standard InChI is InChI=1S/C23H27N3O6S/c1-11(2)18-16-9-10-17(18)20(23(28)29)19(16)21(27)24-14-5-7-15(8-6-14)33(30,31)26-22-12(3)13(4)25-32-22/h5-8,16-17,19-20,26H,9-10H2,1-4H3,(H,24,27)(H,28,29)/t16-,17+,19+,20-/m0/s1. The van der Waals surface area contributed by atoms with Crippen LogP contribution in [-0.4, -0.2) is 30.6 Å². The van der Waals surface area contributed by atoms with E-state index < -0.39 is 27.8 Å². The number of carbonyl (C=O) groups is 2. The van der Waals surface area contributed by atoms with E-state index in [2.05, 4.69) is 15.2 Å². The number of carboxylic acid groups (broad SMARTS) is 1. The first kappa shape index (κ1) is 23.0. The monoisotopic (exact) mass is 473 g/mol. The van der Waals surface area contributed by atoms with Crippen LogP contribution in [-0.2, 0) is 19.6 Å². The van der Waals surface area contributed by atoms with Gasteiger partial charge in [0.1, 0.15) is 0 Å². The lowest BCUT2D eigenvalue weighted by molar-refractivity contribution is -0.148. The van der Waals surface area contributed by atoms with Crippen molar-refractivity contribution >= 4 is 33.5 Å². The molecular formula is C23H27N3O6S. The van der Waals surface area contributed by atoms with Gasteiger partial charge >= 0.3 is 5.97 Å². The molecule has 2 aliphatic carbocycles. The van der Waals surface area contributed by atoms with Crippen molar-refractivity contribution in [2.24, 2.45) is 23.7 Å². The summed E-state index contributed by atoms with van der Waals surface area (Å²) in [5.41, 5.74) is 3.77. The van der Waals surface area contributed by atoms with E-state index >= 15 is 0 Å². The van der Waals surface area contributed by atoms with E-state index in [-0.39, 0.29) is 28.5 Å². The Bertz CT molecular complexity index is 1240. The first-order valence-corrected chi connectivity index (χ1v) is 12.3. The minimum absolute atomic E-state index is 0.0101. The molecule has 176 valence electrons. The number of hydrogen-bond donors (Lipinski definition) is 3. The zero-order valence-electron chi connectivity index (χ0n) is 18.9. The highest BCUT2D eigenvalue weighted by Crippen LogP contribution is 2.57. The number of nitrogens with one attached hydrogen (secondary N) is 2. The lowest BCUT2D eigenvalue weighted by Gasteiger charge is -2.26. The molecule has 2 bridgehead atoms. The van der Waals surface area contributed by atoms with Crippen molar-refractivity contribution in [3.8, 4) is 0 Å². The smallest absolute Gasteiger partial charge is 0.307 e. The van der Waals surface area contributed by atoms with Gasteiger partial charge in [0.25, 0.3) is 10.0 Å². The van der Waals surface area contributed by atoms with E-state index in [1.807, 2.05) is 13.8 Å². The lowest BCUT2D eigenvalue weighted by atomic mass is 9.78. The van der Waals surface area contributed by atoms with E-state index in [0.717, 1.165) is 24.0 Å². The zero-order chi connectivity index (χ0) is 24.1. The van der Waals surface area contributed by atoms with Gasteiger partial charge in [0.15, 0.2) is 0 Å². The average molecular weight is 474 g/mol. The molecule has 2 fully saturated rings. The number of fused-ring (bicyclic) bond motifs is 2. The first-order chi connectivity index (χ1) is 15.5. The Balaban J connectivity index is 1.51. The number of allylic oxidation sites excluding steroid dienone is 2. The maximum absolute atomic E-state index is 13.1. The van der Waals surface area contributed by atoms with Crippen LogP contribution < -0.4 is 10.0 Å². The van der Waals surface area contributed by atoms with Gasteiger partial charge in [-0.15, -0.1) is 0 Å². The normalized spacial score (nSPS) is 24.1. The lowest BCUT2D eigenvalue weighted by Crippen LogP contribution is -2.37. The summed E-state index contributed by atoms with van der Waals surface area (Å²) in [6, 6.07) is 5.70. The van der Waals surface area contributed by atoms with Gasteiger partial charge in [-0.3, -0.25) is 9.59 Å². The van der Waals surface area contributed by atoms with Gasteiger partial charge in [0.05, 0.1) is 22.4 Å². The minimum Gasteiger partial charge on any atom is -0.481 e. The maximum atomic E-state index is 13.1. The van der Waals surface area contributed by atoms with E-state index in [4.69, 9.17) is 4.52 Å². The fourth-order valence-corrected chi connectivity index (χ4v) is 6.29. The molecule has 1 amide bonds. The Morgan fingerprint density at radius 2 is 1.67 bits per heavy atom. The first-order valence-electron chi connectivity index (χ1n) is 10.8. The molecule has 0 radical (unpaired) electrons. The molecule has 1 aromatic heterocycles. The topological polar surface area (TPSA) is 139 Å². The van der Waals surface area contributed by atoms with Gasteiger partial charge in [-0.05, 0) is 76.6 Å². The number of hydrogen-bond acceptors (Lipinski definition) is 6. The third-order valence-electron chi connectivity index (χ3n) is 6.82. The quantitative estimate of drug-likeness (QED) is 0.543. The fraction of sp³-hybridized carbons (Fsp3) is 0.435. The number of anilines is 2. The van der Waals surface area contributed by atoms with Crippen molar-refractivity contribution in [2.45, 2.75) is 45.4 Å². The molecule has 3 N–H and O–H groups in total. The van der Waals surface area contributed by atoms with E-state index in [1.165, 1.54) is 24.3 Å². The fourth-order valence-electron chi connectivity index (χ4n) is 5.24. The Hall–Kier alpha value is -3.14. The molecule has 2 saturated carbocycles. The Labute approximate surface area is 192 Å². The number of sulfonamides is 1. The van der Waals surface area contributed by atoms with Crippen LogP contribution in [0.1, 0.15) is 37.9 Å². The number of aryl methyl sites for hydroxylation is 1. The molecule has 0 spiro atoms. The molecule has 2 aromatic rings. The summed E-state index contributed by atoms with van der Waals surface area (Å²) in [5, 5.41) is 16.3. The van der Waals surface area contributed by atoms with Gasteiger partial charge in [-0.25, -0.2) is 13.1 Å². The molecule has 0 unspecified atom stereocenters. The van der Waals surface area contributed by atoms with Crippen molar-refractivity contribution in [2.75, 3.05) is 10.0 Å². The maximum Gasteiger partial charge on any atom is 0.307 e. The third kappa shape index (κ3) is 4.03. The van der Waals surface area contributed by atoms with Crippen LogP contribution in [0.3, 0.4) is 0 Å². The van der Waals surface area contributed by atoms with Gasteiger partial charge in [-0.2, -0.15) is 0 Å². The Morgan fingerprint density at radius 1 is 1.06 bits per heavy atom. The zero-order valence-corrected chi connectivity index (χ0v) is 19.7. The van der Waals surface area contributed by atoms with Crippen molar-refractivity contribution in [1.29, 1.82) is 0 Å². The van der Waals surface area contributed by atoms with Crippen LogP contribution in [0.2, 0.25) is 0 Å². The molecule has 0 aliphatic heterocycles. The van der Waals surface area contributed by atoms with Crippen LogP contribution in [0.4, 0.5) is 11.6 Å². The number of rotatable bonds is 6. The summed E-state index contributed by atoms with van der Waals surface area (Å²) in [6.07, 6.45) is 1.59.